The van der Waals surface area contributed by atoms with E-state index in [1.54, 1.807) is 7.11 Å². The van der Waals surface area contributed by atoms with Crippen LogP contribution in [0.15, 0.2) is 6.07 Å². The zero-order valence-corrected chi connectivity index (χ0v) is 14.7. The van der Waals surface area contributed by atoms with Crippen molar-refractivity contribution < 1.29 is 9.53 Å². The Hall–Kier alpha value is -1.40. The maximum absolute atomic E-state index is 12.1. The van der Waals surface area contributed by atoms with Gasteiger partial charge in [0.15, 0.2) is 0 Å². The molecule has 1 aromatic rings. The number of amides is 1. The Morgan fingerprint density at radius 3 is 2.96 bits per heavy atom. The molecule has 1 fully saturated rings. The van der Waals surface area contributed by atoms with Gasteiger partial charge < -0.3 is 10.1 Å². The van der Waals surface area contributed by atoms with Gasteiger partial charge in [-0.25, -0.2) is 0 Å². The molecule has 0 bridgehead atoms. The summed E-state index contributed by atoms with van der Waals surface area (Å²) in [6, 6.07) is 2.50. The van der Waals surface area contributed by atoms with Crippen LogP contribution in [0.4, 0.5) is 0 Å². The zero-order chi connectivity index (χ0) is 16.7. The quantitative estimate of drug-likeness (QED) is 0.737. The number of rotatable bonds is 8. The second-order valence-corrected chi connectivity index (χ2v) is 6.43. The topological polar surface area (TPSA) is 59.4 Å². The van der Waals surface area contributed by atoms with Crippen LogP contribution in [0.3, 0.4) is 0 Å². The fourth-order valence-corrected chi connectivity index (χ4v) is 3.22. The highest BCUT2D eigenvalue weighted by atomic mass is 16.5. The SMILES string of the molecule is COCCCNC(=O)CN1CCCC[C@H]1Cn1nc(C)cc1C. The molecule has 0 aliphatic carbocycles. The minimum absolute atomic E-state index is 0.112. The zero-order valence-electron chi connectivity index (χ0n) is 14.7. The van der Waals surface area contributed by atoms with E-state index in [1.165, 1.54) is 18.5 Å². The van der Waals surface area contributed by atoms with Gasteiger partial charge >= 0.3 is 0 Å². The second-order valence-electron chi connectivity index (χ2n) is 6.43. The Kier molecular flexibility index (Phi) is 7.05. The number of carbonyl (C=O) groups excluding carboxylic acids is 1. The van der Waals surface area contributed by atoms with E-state index in [-0.39, 0.29) is 5.91 Å². The van der Waals surface area contributed by atoms with Crippen LogP contribution in [-0.4, -0.2) is 60.0 Å². The number of aryl methyl sites for hydroxylation is 2. The molecule has 1 saturated heterocycles. The lowest BCUT2D eigenvalue weighted by atomic mass is 10.0. The van der Waals surface area contributed by atoms with Crippen LogP contribution < -0.4 is 5.32 Å². The van der Waals surface area contributed by atoms with Crippen molar-refractivity contribution in [3.8, 4) is 0 Å². The van der Waals surface area contributed by atoms with E-state index in [9.17, 15) is 4.79 Å². The monoisotopic (exact) mass is 322 g/mol. The molecule has 2 rings (SSSR count). The lowest BCUT2D eigenvalue weighted by Gasteiger charge is -2.35. The molecule has 0 aromatic carbocycles. The van der Waals surface area contributed by atoms with Crippen molar-refractivity contribution in [2.45, 2.75) is 52.1 Å². The first-order chi connectivity index (χ1) is 11.1. The first-order valence-corrected chi connectivity index (χ1v) is 8.61. The van der Waals surface area contributed by atoms with Gasteiger partial charge in [0.2, 0.25) is 5.91 Å². The molecule has 0 spiro atoms. The van der Waals surface area contributed by atoms with E-state index in [0.29, 0.717) is 25.7 Å². The average Bonchev–Trinajstić information content (AvgIpc) is 2.83. The number of piperidine rings is 1. The highest BCUT2D eigenvalue weighted by molar-refractivity contribution is 5.78. The number of methoxy groups -OCH3 is 1. The number of likely N-dealkylation sites (tertiary alicyclic amines) is 1. The molecule has 1 aliphatic rings. The Bertz CT molecular complexity index is 501. The number of nitrogens with one attached hydrogen (secondary N) is 1. The van der Waals surface area contributed by atoms with Crippen LogP contribution in [-0.2, 0) is 16.1 Å². The van der Waals surface area contributed by atoms with Gasteiger partial charge in [0.05, 0.1) is 18.8 Å². The fourth-order valence-electron chi connectivity index (χ4n) is 3.22. The van der Waals surface area contributed by atoms with Crippen LogP contribution in [0.1, 0.15) is 37.1 Å². The molecular weight excluding hydrogens is 292 g/mol. The predicted molar refractivity (Wildman–Crippen MR) is 90.4 cm³/mol. The maximum Gasteiger partial charge on any atom is 0.234 e. The first-order valence-electron chi connectivity index (χ1n) is 8.61. The lowest BCUT2D eigenvalue weighted by molar-refractivity contribution is -0.123. The minimum atomic E-state index is 0.112. The molecule has 0 unspecified atom stereocenters. The number of ether oxygens (including phenoxy) is 1. The van der Waals surface area contributed by atoms with Gasteiger partial charge in [0, 0.05) is 32.0 Å². The van der Waals surface area contributed by atoms with Gasteiger partial charge in [0.1, 0.15) is 0 Å². The summed E-state index contributed by atoms with van der Waals surface area (Å²) in [7, 11) is 1.68. The fraction of sp³-hybridized carbons (Fsp3) is 0.765. The van der Waals surface area contributed by atoms with Crippen LogP contribution in [0.2, 0.25) is 0 Å². The first kappa shape index (κ1) is 17.9. The summed E-state index contributed by atoms with van der Waals surface area (Å²) in [6.07, 6.45) is 4.40. The summed E-state index contributed by atoms with van der Waals surface area (Å²) in [5.41, 5.74) is 2.25. The number of hydrogen-bond donors (Lipinski definition) is 1. The molecule has 6 heteroatoms. The molecule has 1 aromatic heterocycles. The molecule has 23 heavy (non-hydrogen) atoms. The van der Waals surface area contributed by atoms with Crippen molar-refractivity contribution in [1.29, 1.82) is 0 Å². The molecular formula is C17H30N4O2. The van der Waals surface area contributed by atoms with E-state index in [1.807, 2.05) is 6.92 Å². The molecule has 1 atom stereocenters. The van der Waals surface area contributed by atoms with Crippen LogP contribution in [0.5, 0.6) is 0 Å². The lowest BCUT2D eigenvalue weighted by Crippen LogP contribution is -2.47. The number of hydrogen-bond acceptors (Lipinski definition) is 4. The third kappa shape index (κ3) is 5.62. The standard InChI is InChI=1S/C17H30N4O2/c1-14-11-15(2)21(19-14)12-16-7-4-5-9-20(16)13-17(22)18-8-6-10-23-3/h11,16H,4-10,12-13H2,1-3H3,(H,18,22)/t16-/m0/s1. The van der Waals surface area contributed by atoms with Gasteiger partial charge in [-0.15, -0.1) is 0 Å². The van der Waals surface area contributed by atoms with Gasteiger partial charge in [-0.2, -0.15) is 5.10 Å². The minimum Gasteiger partial charge on any atom is -0.385 e. The molecule has 130 valence electrons. The Morgan fingerprint density at radius 2 is 2.26 bits per heavy atom. The summed E-state index contributed by atoms with van der Waals surface area (Å²) in [6.45, 7) is 7.83. The van der Waals surface area contributed by atoms with Crippen molar-refractivity contribution in [2.75, 3.05) is 33.4 Å². The Labute approximate surface area is 139 Å². The van der Waals surface area contributed by atoms with Crippen molar-refractivity contribution in [3.63, 3.8) is 0 Å². The van der Waals surface area contributed by atoms with Crippen molar-refractivity contribution >= 4 is 5.91 Å². The van der Waals surface area contributed by atoms with Crippen molar-refractivity contribution in [3.05, 3.63) is 17.5 Å². The van der Waals surface area contributed by atoms with E-state index in [4.69, 9.17) is 4.74 Å². The summed E-state index contributed by atoms with van der Waals surface area (Å²) < 4.78 is 7.08. The molecule has 1 amide bonds. The molecule has 1 aliphatic heterocycles. The van der Waals surface area contributed by atoms with Gasteiger partial charge in [-0.3, -0.25) is 14.4 Å². The summed E-state index contributed by atoms with van der Waals surface area (Å²) >= 11 is 0. The van der Waals surface area contributed by atoms with E-state index in [0.717, 1.165) is 31.6 Å². The van der Waals surface area contributed by atoms with E-state index >= 15 is 0 Å². The van der Waals surface area contributed by atoms with Crippen LogP contribution in [0, 0.1) is 13.8 Å². The van der Waals surface area contributed by atoms with Crippen LogP contribution >= 0.6 is 0 Å². The number of aromatic nitrogens is 2. The molecule has 0 saturated carbocycles. The molecule has 2 heterocycles. The highest BCUT2D eigenvalue weighted by Crippen LogP contribution is 2.19. The smallest absolute Gasteiger partial charge is 0.234 e. The van der Waals surface area contributed by atoms with E-state index < -0.39 is 0 Å². The summed E-state index contributed by atoms with van der Waals surface area (Å²) in [4.78, 5) is 14.4. The number of carbonyl (C=O) groups is 1. The molecule has 1 N–H and O–H groups in total. The maximum atomic E-state index is 12.1. The predicted octanol–water partition coefficient (Wildman–Crippen LogP) is 1.51. The Morgan fingerprint density at radius 1 is 1.43 bits per heavy atom. The highest BCUT2D eigenvalue weighted by Gasteiger charge is 2.25. The average molecular weight is 322 g/mol. The van der Waals surface area contributed by atoms with E-state index in [2.05, 4.69) is 33.0 Å². The molecule has 0 radical (unpaired) electrons. The second kappa shape index (κ2) is 9.03. The summed E-state index contributed by atoms with van der Waals surface area (Å²) in [5.74, 6) is 0.112. The third-order valence-electron chi connectivity index (χ3n) is 4.43. The van der Waals surface area contributed by atoms with Crippen LogP contribution in [0.25, 0.3) is 0 Å². The van der Waals surface area contributed by atoms with Crippen molar-refractivity contribution in [2.24, 2.45) is 0 Å². The van der Waals surface area contributed by atoms with Gasteiger partial charge in [-0.05, 0) is 45.7 Å². The number of nitrogens with zero attached hydrogens (tertiary/aromatic N) is 3. The molecule has 6 nitrogen and oxygen atoms in total. The third-order valence-corrected chi connectivity index (χ3v) is 4.43. The van der Waals surface area contributed by atoms with Gasteiger partial charge in [-0.1, -0.05) is 6.42 Å². The normalized spacial score (nSPS) is 19.0. The largest absolute Gasteiger partial charge is 0.385 e. The van der Waals surface area contributed by atoms with Gasteiger partial charge in [0.25, 0.3) is 0 Å². The Balaban J connectivity index is 1.85. The summed E-state index contributed by atoms with van der Waals surface area (Å²) in [5, 5.41) is 7.55. The van der Waals surface area contributed by atoms with Crippen molar-refractivity contribution in [1.82, 2.24) is 20.0 Å².